The standard InChI is InChI=1S/C36H37F2N5O6S/c1-42-31(13-16-41-42)28-17-27(48-22-24-7-5-4-6-8-24)11-12-32(28)49-34-19-30(38)35(20-29(34)37)50(44,45)43(36-14-15-39-23-40-36)21-25-9-10-26(46-2)18-33(25)47-3/h4-10,13-16,18-20,23,27-28,32H,11-12,17,21-22H2,1-3H3. The number of nitrogens with zero attached hydrogens (tertiary/aromatic N) is 5. The van der Waals surface area contributed by atoms with Gasteiger partial charge in [0.2, 0.25) is 0 Å². The first-order valence-electron chi connectivity index (χ1n) is 16.0. The van der Waals surface area contributed by atoms with Crippen LogP contribution in [0.15, 0.2) is 96.4 Å². The van der Waals surface area contributed by atoms with Crippen LogP contribution in [0.1, 0.15) is 42.0 Å². The molecule has 0 radical (unpaired) electrons. The highest BCUT2D eigenvalue weighted by molar-refractivity contribution is 7.92. The summed E-state index contributed by atoms with van der Waals surface area (Å²) in [7, 11) is 0.00211. The molecular weight excluding hydrogens is 668 g/mol. The molecule has 0 N–H and O–H groups in total. The maximum atomic E-state index is 15.9. The van der Waals surface area contributed by atoms with E-state index in [0.717, 1.165) is 28.0 Å². The van der Waals surface area contributed by atoms with Crippen molar-refractivity contribution in [2.24, 2.45) is 7.05 Å². The predicted octanol–water partition coefficient (Wildman–Crippen LogP) is 6.20. The highest BCUT2D eigenvalue weighted by Gasteiger charge is 2.37. The van der Waals surface area contributed by atoms with E-state index < -0.39 is 38.4 Å². The van der Waals surface area contributed by atoms with Gasteiger partial charge in [-0.25, -0.2) is 31.5 Å². The van der Waals surface area contributed by atoms with Crippen LogP contribution in [0.2, 0.25) is 0 Å². The Kier molecular flexibility index (Phi) is 10.6. The molecule has 3 atom stereocenters. The number of sulfonamides is 1. The molecule has 3 aromatic carbocycles. The maximum absolute atomic E-state index is 15.9. The number of aromatic nitrogens is 4. The Morgan fingerprint density at radius 2 is 1.74 bits per heavy atom. The van der Waals surface area contributed by atoms with Crippen molar-refractivity contribution in [3.63, 3.8) is 0 Å². The molecule has 2 heterocycles. The SMILES string of the molecule is COc1ccc(CN(c2ccncn2)S(=O)(=O)c2cc(F)c(OC3CCC(OCc4ccccc4)CC3c3ccnn3C)cc2F)c(OC)c1. The summed E-state index contributed by atoms with van der Waals surface area (Å²) in [5.74, 6) is -2.09. The second-order valence-electron chi connectivity index (χ2n) is 11.8. The van der Waals surface area contributed by atoms with Gasteiger partial charge in [0.25, 0.3) is 10.0 Å². The highest BCUT2D eigenvalue weighted by Crippen LogP contribution is 2.39. The van der Waals surface area contributed by atoms with Crippen LogP contribution >= 0.6 is 0 Å². The number of hydrogen-bond acceptors (Lipinski definition) is 9. The summed E-state index contributed by atoms with van der Waals surface area (Å²) in [5.41, 5.74) is 2.34. The molecule has 1 saturated carbocycles. The van der Waals surface area contributed by atoms with Gasteiger partial charge in [-0.15, -0.1) is 0 Å². The van der Waals surface area contributed by atoms with E-state index >= 15 is 8.78 Å². The van der Waals surface area contributed by atoms with E-state index in [-0.39, 0.29) is 24.4 Å². The topological polar surface area (TPSA) is 118 Å². The second kappa shape index (κ2) is 15.2. The predicted molar refractivity (Wildman–Crippen MR) is 181 cm³/mol. The lowest BCUT2D eigenvalue weighted by Crippen LogP contribution is -2.36. The molecule has 6 rings (SSSR count). The molecule has 1 aliphatic rings. The van der Waals surface area contributed by atoms with Gasteiger partial charge in [0.15, 0.2) is 11.6 Å². The molecular formula is C36H37F2N5O6S. The van der Waals surface area contributed by atoms with Crippen LogP contribution in [0, 0.1) is 11.6 Å². The molecule has 5 aromatic rings. The van der Waals surface area contributed by atoms with Crippen molar-refractivity contribution in [2.45, 2.75) is 55.4 Å². The van der Waals surface area contributed by atoms with Crippen LogP contribution in [-0.4, -0.2) is 54.6 Å². The first-order valence-corrected chi connectivity index (χ1v) is 17.4. The van der Waals surface area contributed by atoms with Crippen molar-refractivity contribution in [3.8, 4) is 17.2 Å². The molecule has 11 nitrogen and oxygen atoms in total. The zero-order chi connectivity index (χ0) is 35.3. The van der Waals surface area contributed by atoms with Gasteiger partial charge in [-0.3, -0.25) is 4.68 Å². The number of halogens is 2. The molecule has 0 aliphatic heterocycles. The van der Waals surface area contributed by atoms with Gasteiger partial charge < -0.3 is 18.9 Å². The summed E-state index contributed by atoms with van der Waals surface area (Å²) in [6.45, 7) is 0.135. The van der Waals surface area contributed by atoms with Gasteiger partial charge >= 0.3 is 0 Å². The van der Waals surface area contributed by atoms with Gasteiger partial charge in [-0.1, -0.05) is 30.3 Å². The zero-order valence-corrected chi connectivity index (χ0v) is 28.6. The van der Waals surface area contributed by atoms with E-state index in [4.69, 9.17) is 18.9 Å². The molecule has 262 valence electrons. The van der Waals surface area contributed by atoms with Crippen LogP contribution < -0.4 is 18.5 Å². The van der Waals surface area contributed by atoms with E-state index in [9.17, 15) is 8.42 Å². The Morgan fingerprint density at radius 1 is 0.920 bits per heavy atom. The quantitative estimate of drug-likeness (QED) is 0.141. The number of hydrogen-bond donors (Lipinski definition) is 0. The summed E-state index contributed by atoms with van der Waals surface area (Å²) in [5, 5.41) is 4.30. The summed E-state index contributed by atoms with van der Waals surface area (Å²) >= 11 is 0. The lowest BCUT2D eigenvalue weighted by molar-refractivity contribution is -0.0183. The fourth-order valence-electron chi connectivity index (χ4n) is 6.18. The van der Waals surface area contributed by atoms with Crippen molar-refractivity contribution in [2.75, 3.05) is 18.5 Å². The number of methoxy groups -OCH3 is 2. The monoisotopic (exact) mass is 705 g/mol. The summed E-state index contributed by atoms with van der Waals surface area (Å²) < 4.78 is 85.7. The Morgan fingerprint density at radius 3 is 2.44 bits per heavy atom. The average molecular weight is 706 g/mol. The molecule has 0 spiro atoms. The minimum absolute atomic E-state index is 0.0525. The fraction of sp³-hybridized carbons (Fsp3) is 0.306. The normalized spacial score (nSPS) is 17.7. The van der Waals surface area contributed by atoms with E-state index in [1.165, 1.54) is 26.5 Å². The minimum Gasteiger partial charge on any atom is -0.497 e. The Balaban J connectivity index is 1.27. The molecule has 0 bridgehead atoms. The third-order valence-corrected chi connectivity index (χ3v) is 10.5. The maximum Gasteiger partial charge on any atom is 0.268 e. The second-order valence-corrected chi connectivity index (χ2v) is 13.7. The summed E-state index contributed by atoms with van der Waals surface area (Å²) in [4.78, 5) is 7.08. The lowest BCUT2D eigenvalue weighted by atomic mass is 9.82. The number of ether oxygens (including phenoxy) is 4. The lowest BCUT2D eigenvalue weighted by Gasteiger charge is -2.36. The number of anilines is 1. The third-order valence-electron chi connectivity index (χ3n) is 8.77. The van der Waals surface area contributed by atoms with Crippen molar-refractivity contribution in [1.29, 1.82) is 0 Å². The minimum atomic E-state index is -4.73. The number of aryl methyl sites for hydroxylation is 1. The van der Waals surface area contributed by atoms with E-state index in [1.807, 2.05) is 43.4 Å². The van der Waals surface area contributed by atoms with Crippen molar-refractivity contribution in [3.05, 3.63) is 120 Å². The Hall–Kier alpha value is -5.08. The fourth-order valence-corrected chi connectivity index (χ4v) is 7.64. The van der Waals surface area contributed by atoms with E-state index in [1.54, 1.807) is 29.1 Å². The number of rotatable bonds is 13. The van der Waals surface area contributed by atoms with Crippen LogP contribution in [0.25, 0.3) is 0 Å². The molecule has 0 saturated heterocycles. The average Bonchev–Trinajstić information content (AvgIpc) is 3.57. The van der Waals surface area contributed by atoms with Crippen LogP contribution in [0.4, 0.5) is 14.6 Å². The Labute approximate surface area is 289 Å². The van der Waals surface area contributed by atoms with Gasteiger partial charge in [0.1, 0.15) is 40.5 Å². The van der Waals surface area contributed by atoms with Gasteiger partial charge in [-0.2, -0.15) is 5.10 Å². The van der Waals surface area contributed by atoms with Crippen LogP contribution in [-0.2, 0) is 35.0 Å². The molecule has 1 fully saturated rings. The molecule has 14 heteroatoms. The van der Waals surface area contributed by atoms with Crippen LogP contribution in [0.3, 0.4) is 0 Å². The summed E-state index contributed by atoms with van der Waals surface area (Å²) in [6, 6.07) is 19.4. The molecule has 50 heavy (non-hydrogen) atoms. The van der Waals surface area contributed by atoms with Crippen molar-refractivity contribution < 1.29 is 36.1 Å². The molecule has 1 aliphatic carbocycles. The van der Waals surface area contributed by atoms with Crippen molar-refractivity contribution in [1.82, 2.24) is 19.7 Å². The smallest absolute Gasteiger partial charge is 0.268 e. The molecule has 2 aromatic heterocycles. The Bertz CT molecular complexity index is 2020. The van der Waals surface area contributed by atoms with E-state index in [2.05, 4.69) is 15.1 Å². The summed E-state index contributed by atoms with van der Waals surface area (Å²) in [6.07, 6.45) is 5.22. The highest BCUT2D eigenvalue weighted by atomic mass is 32.2. The first-order chi connectivity index (χ1) is 24.2. The van der Waals surface area contributed by atoms with Gasteiger partial charge in [0.05, 0.1) is 33.5 Å². The van der Waals surface area contributed by atoms with Crippen molar-refractivity contribution >= 4 is 15.8 Å². The zero-order valence-electron chi connectivity index (χ0n) is 27.8. The van der Waals surface area contributed by atoms with Gasteiger partial charge in [0, 0.05) is 60.9 Å². The van der Waals surface area contributed by atoms with Gasteiger partial charge in [-0.05, 0) is 43.0 Å². The first kappa shape index (κ1) is 34.8. The number of benzene rings is 3. The third kappa shape index (κ3) is 7.55. The van der Waals surface area contributed by atoms with Crippen LogP contribution in [0.5, 0.6) is 17.2 Å². The van der Waals surface area contributed by atoms with E-state index in [0.29, 0.717) is 49.0 Å². The molecule has 3 unspecified atom stereocenters. The molecule has 0 amide bonds. The largest absolute Gasteiger partial charge is 0.497 e.